The molecule has 2 heterocycles. The zero-order valence-corrected chi connectivity index (χ0v) is 18.4. The molecule has 2 atom stereocenters. The number of nitrogens with one attached hydrogen (secondary N) is 1. The molecule has 0 amide bonds. The van der Waals surface area contributed by atoms with Crippen molar-refractivity contribution >= 4 is 46.3 Å². The lowest BCUT2D eigenvalue weighted by atomic mass is 10.0. The number of aliphatic carboxylic acids is 1. The van der Waals surface area contributed by atoms with Gasteiger partial charge >= 0.3 is 11.7 Å². The van der Waals surface area contributed by atoms with Crippen LogP contribution in [0.2, 0.25) is 10.0 Å². The first-order chi connectivity index (χ1) is 14.7. The minimum Gasteiger partial charge on any atom is -0.481 e. The second kappa shape index (κ2) is 8.05. The van der Waals surface area contributed by atoms with Crippen molar-refractivity contribution < 1.29 is 9.90 Å². The second-order valence-electron chi connectivity index (χ2n) is 7.77. The van der Waals surface area contributed by atoms with Gasteiger partial charge in [0.1, 0.15) is 0 Å². The van der Waals surface area contributed by atoms with E-state index in [0.29, 0.717) is 34.4 Å². The molecular weight excluding hydrogens is 445 g/mol. The summed E-state index contributed by atoms with van der Waals surface area (Å²) in [6.07, 6.45) is 2.08. The van der Waals surface area contributed by atoms with Crippen LogP contribution in [0.5, 0.6) is 0 Å². The largest absolute Gasteiger partial charge is 0.481 e. The van der Waals surface area contributed by atoms with Crippen LogP contribution in [0.15, 0.2) is 27.8 Å². The van der Waals surface area contributed by atoms with Gasteiger partial charge in [-0.3, -0.25) is 18.7 Å². The number of hydrogen-bond acceptors (Lipinski definition) is 5. The van der Waals surface area contributed by atoms with Gasteiger partial charge in [-0.25, -0.2) is 4.79 Å². The molecule has 9 nitrogen and oxygen atoms in total. The summed E-state index contributed by atoms with van der Waals surface area (Å²) in [4.78, 5) is 42.0. The lowest BCUT2D eigenvalue weighted by Crippen LogP contribution is -2.39. The van der Waals surface area contributed by atoms with E-state index < -0.39 is 23.1 Å². The lowest BCUT2D eigenvalue weighted by molar-refractivity contribution is -0.141. The van der Waals surface area contributed by atoms with Gasteiger partial charge in [0.25, 0.3) is 5.56 Å². The number of aryl methyl sites for hydroxylation is 2. The number of nitrogens with zero attached hydrogens (tertiary/aromatic N) is 4. The van der Waals surface area contributed by atoms with Crippen LogP contribution < -0.4 is 16.6 Å². The van der Waals surface area contributed by atoms with Crippen molar-refractivity contribution in [1.82, 2.24) is 18.7 Å². The molecule has 1 aliphatic carbocycles. The fraction of sp³-hybridized carbons (Fsp3) is 0.400. The number of carboxylic acids is 1. The molecule has 0 saturated heterocycles. The Kier molecular flexibility index (Phi) is 5.57. The Morgan fingerprint density at radius 2 is 1.94 bits per heavy atom. The number of carbonyl (C=O) groups is 1. The van der Waals surface area contributed by atoms with Crippen molar-refractivity contribution in [3.63, 3.8) is 0 Å². The maximum Gasteiger partial charge on any atom is 0.332 e. The van der Waals surface area contributed by atoms with Gasteiger partial charge < -0.3 is 15.0 Å². The number of aromatic nitrogens is 4. The fourth-order valence-corrected chi connectivity index (χ4v) is 4.45. The number of carboxylic acid groups (broad SMARTS) is 1. The number of imidazole rings is 1. The van der Waals surface area contributed by atoms with Crippen LogP contribution >= 0.6 is 23.2 Å². The monoisotopic (exact) mass is 465 g/mol. The Bertz CT molecular complexity index is 1310. The average molecular weight is 466 g/mol. The molecule has 0 aliphatic heterocycles. The van der Waals surface area contributed by atoms with E-state index in [-0.39, 0.29) is 23.8 Å². The van der Waals surface area contributed by atoms with Crippen molar-refractivity contribution in [2.75, 3.05) is 5.32 Å². The summed E-state index contributed by atoms with van der Waals surface area (Å²) >= 11 is 12.0. The SMILES string of the molecule is Cn1c(NC2CCC[C@@H]2C(=O)O)nc2c1c(=O)n(Cc1ccc(Cl)c(Cl)c1)c(=O)n2C. The molecule has 3 aromatic rings. The molecule has 164 valence electrons. The van der Waals surface area contributed by atoms with E-state index in [2.05, 4.69) is 10.3 Å². The number of rotatable bonds is 5. The summed E-state index contributed by atoms with van der Waals surface area (Å²) in [5.74, 6) is -1.02. The lowest BCUT2D eigenvalue weighted by Gasteiger charge is -2.18. The van der Waals surface area contributed by atoms with Gasteiger partial charge in [0, 0.05) is 20.1 Å². The normalized spacial score (nSPS) is 18.6. The molecule has 2 N–H and O–H groups in total. The van der Waals surface area contributed by atoms with Gasteiger partial charge in [-0.2, -0.15) is 4.98 Å². The molecule has 1 unspecified atom stereocenters. The predicted octanol–water partition coefficient (Wildman–Crippen LogP) is 2.45. The van der Waals surface area contributed by atoms with Crippen LogP contribution in [0.25, 0.3) is 11.2 Å². The molecule has 2 aromatic heterocycles. The van der Waals surface area contributed by atoms with E-state index in [1.165, 1.54) is 4.57 Å². The number of hydrogen-bond donors (Lipinski definition) is 2. The first-order valence-corrected chi connectivity index (χ1v) is 10.5. The van der Waals surface area contributed by atoms with Crippen molar-refractivity contribution in [3.8, 4) is 0 Å². The van der Waals surface area contributed by atoms with Gasteiger partial charge in [0.05, 0.1) is 22.5 Å². The van der Waals surface area contributed by atoms with Gasteiger partial charge in [0.2, 0.25) is 5.95 Å². The summed E-state index contributed by atoms with van der Waals surface area (Å²) in [5, 5.41) is 13.3. The van der Waals surface area contributed by atoms with Crippen LogP contribution in [-0.4, -0.2) is 35.8 Å². The molecule has 0 bridgehead atoms. The summed E-state index contributed by atoms with van der Waals surface area (Å²) in [7, 11) is 3.21. The molecule has 0 radical (unpaired) electrons. The predicted molar refractivity (Wildman–Crippen MR) is 118 cm³/mol. The Hall–Kier alpha value is -2.78. The first kappa shape index (κ1) is 21.5. The standard InChI is InChI=1S/C20H21Cl2N5O4/c1-25-15-16(24-19(25)23-14-5-3-4-11(14)18(29)30)26(2)20(31)27(17(15)28)9-10-6-7-12(21)13(22)8-10/h6-8,11,14H,3-5,9H2,1-2H3,(H,23,24)(H,29,30)/t11-,14?/m0/s1. The van der Waals surface area contributed by atoms with Crippen LogP contribution in [0.1, 0.15) is 24.8 Å². The van der Waals surface area contributed by atoms with Crippen LogP contribution in [0.3, 0.4) is 0 Å². The van der Waals surface area contributed by atoms with Crippen molar-refractivity contribution in [2.24, 2.45) is 20.0 Å². The van der Waals surface area contributed by atoms with Gasteiger partial charge in [0.15, 0.2) is 11.2 Å². The minimum atomic E-state index is -0.856. The molecule has 0 spiro atoms. The number of benzene rings is 1. The molecule has 4 rings (SSSR count). The molecule has 11 heteroatoms. The van der Waals surface area contributed by atoms with Gasteiger partial charge in [-0.1, -0.05) is 35.7 Å². The smallest absolute Gasteiger partial charge is 0.332 e. The Morgan fingerprint density at radius 3 is 2.61 bits per heavy atom. The van der Waals surface area contributed by atoms with Crippen molar-refractivity contribution in [1.29, 1.82) is 0 Å². The van der Waals surface area contributed by atoms with E-state index in [1.807, 2.05) is 0 Å². The third-order valence-corrected chi connectivity index (χ3v) is 6.57. The molecule has 31 heavy (non-hydrogen) atoms. The fourth-order valence-electron chi connectivity index (χ4n) is 4.13. The molecule has 1 aliphatic rings. The van der Waals surface area contributed by atoms with Crippen LogP contribution in [-0.2, 0) is 25.4 Å². The zero-order chi connectivity index (χ0) is 22.4. The zero-order valence-electron chi connectivity index (χ0n) is 16.9. The highest BCUT2D eigenvalue weighted by atomic mass is 35.5. The Labute approximate surface area is 186 Å². The topological polar surface area (TPSA) is 111 Å². The van der Waals surface area contributed by atoms with Gasteiger partial charge in [-0.05, 0) is 30.5 Å². The minimum absolute atomic E-state index is 0.0238. The van der Waals surface area contributed by atoms with E-state index in [9.17, 15) is 19.5 Å². The van der Waals surface area contributed by atoms with Crippen LogP contribution in [0.4, 0.5) is 5.95 Å². The molecular formula is C20H21Cl2N5O4. The third kappa shape index (κ3) is 3.72. The number of anilines is 1. The number of fused-ring (bicyclic) bond motifs is 1. The molecule has 1 fully saturated rings. The quantitative estimate of drug-likeness (QED) is 0.598. The third-order valence-electron chi connectivity index (χ3n) is 5.83. The van der Waals surface area contributed by atoms with E-state index in [4.69, 9.17) is 23.2 Å². The summed E-state index contributed by atoms with van der Waals surface area (Å²) in [6.45, 7) is 0.0238. The molecule has 1 aromatic carbocycles. The first-order valence-electron chi connectivity index (χ1n) is 9.78. The maximum atomic E-state index is 13.2. The molecule has 1 saturated carbocycles. The van der Waals surface area contributed by atoms with Crippen LogP contribution in [0, 0.1) is 5.92 Å². The Balaban J connectivity index is 1.78. The second-order valence-corrected chi connectivity index (χ2v) is 8.59. The summed E-state index contributed by atoms with van der Waals surface area (Å²) in [6, 6.07) is 4.64. The van der Waals surface area contributed by atoms with E-state index in [0.717, 1.165) is 11.0 Å². The van der Waals surface area contributed by atoms with Gasteiger partial charge in [-0.15, -0.1) is 0 Å². The highest BCUT2D eigenvalue weighted by molar-refractivity contribution is 6.42. The highest BCUT2D eigenvalue weighted by Gasteiger charge is 2.34. The van der Waals surface area contributed by atoms with E-state index >= 15 is 0 Å². The summed E-state index contributed by atoms with van der Waals surface area (Å²) < 4.78 is 3.99. The highest BCUT2D eigenvalue weighted by Crippen LogP contribution is 2.29. The van der Waals surface area contributed by atoms with E-state index in [1.54, 1.807) is 36.9 Å². The average Bonchev–Trinajstić information content (AvgIpc) is 3.32. The van der Waals surface area contributed by atoms with Crippen molar-refractivity contribution in [2.45, 2.75) is 31.8 Å². The number of halogens is 2. The maximum absolute atomic E-state index is 13.2. The van der Waals surface area contributed by atoms with Crippen molar-refractivity contribution in [3.05, 3.63) is 54.6 Å². The summed E-state index contributed by atoms with van der Waals surface area (Å²) in [5.41, 5.74) is 0.124. The Morgan fingerprint density at radius 1 is 1.19 bits per heavy atom.